The molecule has 126 valence electrons. The van der Waals surface area contributed by atoms with Crippen LogP contribution in [0.4, 0.5) is 0 Å². The van der Waals surface area contributed by atoms with Gasteiger partial charge in [0.15, 0.2) is 0 Å². The average Bonchev–Trinajstić information content (AvgIpc) is 3.30. The van der Waals surface area contributed by atoms with E-state index >= 15 is 0 Å². The fourth-order valence-electron chi connectivity index (χ4n) is 1.83. The molecule has 0 fully saturated rings. The van der Waals surface area contributed by atoms with Crippen molar-refractivity contribution in [1.29, 1.82) is 0 Å². The first-order valence-corrected chi connectivity index (χ1v) is 7.69. The Bertz CT molecular complexity index is 627. The second-order valence-electron chi connectivity index (χ2n) is 4.55. The summed E-state index contributed by atoms with van der Waals surface area (Å²) in [5.41, 5.74) is 2.62. The zero-order valence-corrected chi connectivity index (χ0v) is 16.4. The van der Waals surface area contributed by atoms with Crippen molar-refractivity contribution in [2.75, 3.05) is 0 Å². The van der Waals surface area contributed by atoms with Crippen LogP contribution in [0.15, 0.2) is 97.1 Å². The second-order valence-corrected chi connectivity index (χ2v) is 5.43. The van der Waals surface area contributed by atoms with Crippen molar-refractivity contribution in [2.45, 2.75) is 0 Å². The van der Waals surface area contributed by atoms with E-state index in [-0.39, 0.29) is 34.1 Å². The minimum atomic E-state index is 0. The van der Waals surface area contributed by atoms with Gasteiger partial charge in [0.1, 0.15) is 0 Å². The van der Waals surface area contributed by atoms with Crippen molar-refractivity contribution in [3.63, 3.8) is 0 Å². The minimum absolute atomic E-state index is 0. The molecule has 0 aliphatic heterocycles. The SMILES string of the molecule is Cl[c-]1cccc1.Cl[c-]1cccc1.[Fe+2].[Fe+2].c1cc[c-](-[c-]2cccc2)c1. The summed E-state index contributed by atoms with van der Waals surface area (Å²) in [7, 11) is 0. The summed E-state index contributed by atoms with van der Waals surface area (Å²) in [5.74, 6) is 0. The summed E-state index contributed by atoms with van der Waals surface area (Å²) in [4.78, 5) is 0. The molecule has 0 spiro atoms. The molecule has 0 aliphatic rings. The van der Waals surface area contributed by atoms with Gasteiger partial charge in [0.05, 0.1) is 0 Å². The van der Waals surface area contributed by atoms with Crippen LogP contribution in [0.2, 0.25) is 10.0 Å². The van der Waals surface area contributed by atoms with E-state index in [4.69, 9.17) is 23.2 Å². The van der Waals surface area contributed by atoms with Crippen LogP contribution >= 0.6 is 23.2 Å². The normalized spacial score (nSPS) is 8.58. The van der Waals surface area contributed by atoms with Gasteiger partial charge < -0.3 is 0 Å². The van der Waals surface area contributed by atoms with Crippen LogP contribution in [0.25, 0.3) is 11.1 Å². The van der Waals surface area contributed by atoms with Gasteiger partial charge in [-0.25, -0.2) is 24.3 Å². The van der Waals surface area contributed by atoms with Gasteiger partial charge in [0.2, 0.25) is 0 Å². The quantitative estimate of drug-likeness (QED) is 0.224. The first kappa shape index (κ1) is 23.0. The molecule has 0 N–H and O–H groups in total. The smallest absolute Gasteiger partial charge is 0.212 e. The number of hydrogen-bond donors (Lipinski definition) is 0. The summed E-state index contributed by atoms with van der Waals surface area (Å²) in [6, 6.07) is 31.7. The first-order valence-electron chi connectivity index (χ1n) is 6.94. The average molecular weight is 439 g/mol. The van der Waals surface area contributed by atoms with Crippen LogP contribution in [-0.2, 0) is 34.1 Å². The molecule has 4 heteroatoms. The fraction of sp³-hybridized carbons (Fsp3) is 0. The first-order chi connectivity index (χ1) is 10.8. The van der Waals surface area contributed by atoms with E-state index in [1.54, 1.807) is 0 Å². The summed E-state index contributed by atoms with van der Waals surface area (Å²) < 4.78 is 0. The largest absolute Gasteiger partial charge is 2.00 e. The maximum absolute atomic E-state index is 5.46. The number of hydrogen-bond acceptors (Lipinski definition) is 0. The van der Waals surface area contributed by atoms with E-state index in [1.807, 2.05) is 48.5 Å². The monoisotopic (exact) mass is 438 g/mol. The Morgan fingerprint density at radius 3 is 0.750 bits per heavy atom. The van der Waals surface area contributed by atoms with Gasteiger partial charge in [-0.3, -0.25) is 0 Å². The van der Waals surface area contributed by atoms with Gasteiger partial charge in [0, 0.05) is 0 Å². The molecule has 24 heavy (non-hydrogen) atoms. The molecule has 0 bridgehead atoms. The maximum atomic E-state index is 5.46. The van der Waals surface area contributed by atoms with Crippen LogP contribution in [0.5, 0.6) is 0 Å². The van der Waals surface area contributed by atoms with Gasteiger partial charge in [0.25, 0.3) is 0 Å². The molecule has 0 nitrogen and oxygen atoms in total. The van der Waals surface area contributed by atoms with E-state index in [0.717, 1.165) is 10.0 Å². The zero-order chi connectivity index (χ0) is 15.6. The van der Waals surface area contributed by atoms with Crippen molar-refractivity contribution in [3.05, 3.63) is 107 Å². The number of rotatable bonds is 1. The zero-order valence-electron chi connectivity index (χ0n) is 12.7. The molecule has 4 aromatic carbocycles. The minimum Gasteiger partial charge on any atom is -0.212 e. The van der Waals surface area contributed by atoms with Gasteiger partial charge >= 0.3 is 34.1 Å². The topological polar surface area (TPSA) is 0 Å². The Labute approximate surface area is 174 Å². The molecule has 4 rings (SSSR count). The third-order valence-corrected chi connectivity index (χ3v) is 3.41. The Hall–Kier alpha value is -0.981. The van der Waals surface area contributed by atoms with E-state index in [0.29, 0.717) is 0 Å². The van der Waals surface area contributed by atoms with Crippen LogP contribution < -0.4 is 0 Å². The molecule has 0 aliphatic carbocycles. The van der Waals surface area contributed by atoms with Crippen LogP contribution in [0.3, 0.4) is 0 Å². The van der Waals surface area contributed by atoms with Crippen LogP contribution in [0.1, 0.15) is 0 Å². The van der Waals surface area contributed by atoms with Gasteiger partial charge in [-0.15, -0.1) is 0 Å². The van der Waals surface area contributed by atoms with Gasteiger partial charge in [-0.1, -0.05) is 10.0 Å². The molecule has 0 atom stereocenters. The fourth-order valence-corrected chi connectivity index (χ4v) is 2.12. The molecule has 4 aromatic rings. The summed E-state index contributed by atoms with van der Waals surface area (Å²) in [6.45, 7) is 0. The molecule has 0 saturated heterocycles. The van der Waals surface area contributed by atoms with E-state index < -0.39 is 0 Å². The molecular formula is C20H16Cl2Fe2. The molecular weight excluding hydrogens is 423 g/mol. The predicted molar refractivity (Wildman–Crippen MR) is 97.2 cm³/mol. The van der Waals surface area contributed by atoms with Crippen molar-refractivity contribution >= 4 is 23.2 Å². The van der Waals surface area contributed by atoms with Crippen molar-refractivity contribution in [2.24, 2.45) is 0 Å². The van der Waals surface area contributed by atoms with Crippen molar-refractivity contribution in [1.82, 2.24) is 0 Å². The Morgan fingerprint density at radius 2 is 0.583 bits per heavy atom. The van der Waals surface area contributed by atoms with Gasteiger partial charge in [-0.05, 0) is 0 Å². The molecule has 0 radical (unpaired) electrons. The predicted octanol–water partition coefficient (Wildman–Crippen LogP) is 6.90. The van der Waals surface area contributed by atoms with Crippen LogP contribution in [-0.4, -0.2) is 0 Å². The molecule has 0 saturated carbocycles. The standard InChI is InChI=1S/C10H8.2C5H4Cl.2Fe/c1-2-6-9(5-1)10-7-3-4-8-10;2*6-5-3-1-2-4-5;;/h1-8H;2*1-4H;;/q-2;2*-1;2*+2. The third-order valence-electron chi connectivity index (χ3n) is 2.90. The Balaban J connectivity index is 0.000000334. The van der Waals surface area contributed by atoms with E-state index in [9.17, 15) is 0 Å². The van der Waals surface area contributed by atoms with Crippen molar-refractivity contribution in [3.8, 4) is 11.1 Å². The Kier molecular flexibility index (Phi) is 12.8. The molecule has 0 heterocycles. The molecule has 0 amide bonds. The molecule has 0 aromatic heterocycles. The molecule has 0 unspecified atom stereocenters. The third kappa shape index (κ3) is 8.75. The van der Waals surface area contributed by atoms with E-state index in [1.165, 1.54) is 11.1 Å². The Morgan fingerprint density at radius 1 is 0.375 bits per heavy atom. The second kappa shape index (κ2) is 13.3. The number of halogens is 2. The van der Waals surface area contributed by atoms with Crippen LogP contribution in [0, 0.1) is 0 Å². The summed E-state index contributed by atoms with van der Waals surface area (Å²) in [5, 5.41) is 1.63. The summed E-state index contributed by atoms with van der Waals surface area (Å²) in [6.07, 6.45) is 0. The van der Waals surface area contributed by atoms with Crippen molar-refractivity contribution < 1.29 is 34.1 Å². The summed E-state index contributed by atoms with van der Waals surface area (Å²) >= 11 is 10.9. The van der Waals surface area contributed by atoms with Gasteiger partial charge in [-0.2, -0.15) is 107 Å². The maximum Gasteiger partial charge on any atom is 2.00 e. The van der Waals surface area contributed by atoms with E-state index in [2.05, 4.69) is 48.5 Å².